The van der Waals surface area contributed by atoms with Crippen molar-refractivity contribution in [3.63, 3.8) is 0 Å². The van der Waals surface area contributed by atoms with Crippen LogP contribution in [0, 0.1) is 0 Å². The van der Waals surface area contributed by atoms with E-state index in [1.54, 1.807) is 0 Å². The highest BCUT2D eigenvalue weighted by Crippen LogP contribution is 2.13. The Kier molecular flexibility index (Phi) is 26.1. The van der Waals surface area contributed by atoms with E-state index in [1.165, 1.54) is 108 Å². The van der Waals surface area contributed by atoms with Crippen molar-refractivity contribution < 1.29 is 15.0 Å². The molecule has 0 spiro atoms. The fourth-order valence-corrected chi connectivity index (χ4v) is 3.04. The van der Waals surface area contributed by atoms with Crippen LogP contribution in [0.2, 0.25) is 0 Å². The highest BCUT2D eigenvalue weighted by atomic mass is 79.9. The zero-order valence-corrected chi connectivity index (χ0v) is 16.8. The Hall–Kier alpha value is -0.250. The number of alkyl halides is 1. The summed E-state index contributed by atoms with van der Waals surface area (Å²) in [5.74, 6) is 0. The average Bonchev–Trinajstić information content (AvgIpc) is 2.50. The second-order valence-corrected chi connectivity index (χ2v) is 7.07. The van der Waals surface area contributed by atoms with Gasteiger partial charge in [0.1, 0.15) is 0 Å². The van der Waals surface area contributed by atoms with E-state index < -0.39 is 6.16 Å². The first-order valence-electron chi connectivity index (χ1n) is 9.63. The first kappa shape index (κ1) is 25.0. The van der Waals surface area contributed by atoms with E-state index in [1.807, 2.05) is 0 Å². The van der Waals surface area contributed by atoms with Crippen molar-refractivity contribution in [2.45, 2.75) is 110 Å². The predicted octanol–water partition coefficient (Wildman–Crippen LogP) is 7.87. The van der Waals surface area contributed by atoms with Crippen LogP contribution in [0.25, 0.3) is 0 Å². The third kappa shape index (κ3) is 34.2. The van der Waals surface area contributed by atoms with Crippen molar-refractivity contribution in [1.82, 2.24) is 0 Å². The van der Waals surface area contributed by atoms with E-state index in [0.717, 1.165) is 0 Å². The molecule has 2 N–H and O–H groups in total. The third-order valence-electron chi connectivity index (χ3n) is 3.99. The molecule has 0 aliphatic heterocycles. The Labute approximate surface area is 152 Å². The molecule has 0 aliphatic carbocycles. The molecule has 0 aromatic heterocycles. The van der Waals surface area contributed by atoms with Gasteiger partial charge in [-0.25, -0.2) is 4.79 Å². The fraction of sp³-hybridized carbons (Fsp3) is 0.947. The van der Waals surface area contributed by atoms with Crippen LogP contribution >= 0.6 is 15.9 Å². The number of hydrogen-bond donors (Lipinski definition) is 2. The van der Waals surface area contributed by atoms with E-state index in [2.05, 4.69) is 22.9 Å². The number of halogens is 1. The molecule has 0 atom stereocenters. The van der Waals surface area contributed by atoms with Gasteiger partial charge in [0.25, 0.3) is 0 Å². The molecule has 0 rings (SSSR count). The molecule has 0 saturated carbocycles. The molecule has 0 aromatic carbocycles. The van der Waals surface area contributed by atoms with Gasteiger partial charge in [-0.05, 0) is 6.42 Å². The van der Waals surface area contributed by atoms with Crippen molar-refractivity contribution in [2.24, 2.45) is 0 Å². The van der Waals surface area contributed by atoms with E-state index in [9.17, 15) is 0 Å². The smallest absolute Gasteiger partial charge is 0.450 e. The minimum Gasteiger partial charge on any atom is -0.450 e. The highest BCUT2D eigenvalue weighted by Gasteiger charge is 1.94. The third-order valence-corrected chi connectivity index (χ3v) is 4.55. The maximum Gasteiger partial charge on any atom is 0.503 e. The summed E-state index contributed by atoms with van der Waals surface area (Å²) in [4.78, 5) is 8.56. The number of rotatable bonds is 16. The highest BCUT2D eigenvalue weighted by molar-refractivity contribution is 9.09. The molecular formula is C19H39BrO3. The second kappa shape index (κ2) is 24.0. The first-order valence-corrected chi connectivity index (χ1v) is 10.7. The SMILES string of the molecule is CCCCCCCCCCCCCCCCCCBr.O=C(O)O. The number of unbranched alkanes of at least 4 members (excludes halogenated alkanes) is 15. The molecule has 0 radical (unpaired) electrons. The molecular weight excluding hydrogens is 356 g/mol. The molecule has 23 heavy (non-hydrogen) atoms. The minimum atomic E-state index is -1.83. The van der Waals surface area contributed by atoms with Gasteiger partial charge in [0, 0.05) is 5.33 Å². The summed E-state index contributed by atoms with van der Waals surface area (Å²) < 4.78 is 0. The Morgan fingerprint density at radius 2 is 0.826 bits per heavy atom. The molecule has 3 nitrogen and oxygen atoms in total. The summed E-state index contributed by atoms with van der Waals surface area (Å²) in [5.41, 5.74) is 0. The zero-order valence-electron chi connectivity index (χ0n) is 15.2. The Morgan fingerprint density at radius 3 is 1.04 bits per heavy atom. The van der Waals surface area contributed by atoms with Crippen molar-refractivity contribution in [1.29, 1.82) is 0 Å². The molecule has 0 bridgehead atoms. The van der Waals surface area contributed by atoms with Crippen LogP contribution in [0.3, 0.4) is 0 Å². The number of hydrogen-bond acceptors (Lipinski definition) is 1. The van der Waals surface area contributed by atoms with Gasteiger partial charge >= 0.3 is 6.16 Å². The Morgan fingerprint density at radius 1 is 0.609 bits per heavy atom. The lowest BCUT2D eigenvalue weighted by molar-refractivity contribution is 0.137. The second-order valence-electron chi connectivity index (χ2n) is 6.27. The van der Waals surface area contributed by atoms with Gasteiger partial charge in [0.15, 0.2) is 0 Å². The van der Waals surface area contributed by atoms with E-state index in [-0.39, 0.29) is 0 Å². The maximum atomic E-state index is 8.56. The van der Waals surface area contributed by atoms with Gasteiger partial charge in [0.2, 0.25) is 0 Å². The summed E-state index contributed by atoms with van der Waals surface area (Å²) in [6.07, 6.45) is 21.4. The normalized spacial score (nSPS) is 10.2. The van der Waals surface area contributed by atoms with Crippen LogP contribution < -0.4 is 0 Å². The van der Waals surface area contributed by atoms with Gasteiger partial charge in [-0.2, -0.15) is 0 Å². The summed E-state index contributed by atoms with van der Waals surface area (Å²) >= 11 is 3.49. The van der Waals surface area contributed by atoms with E-state index in [4.69, 9.17) is 15.0 Å². The van der Waals surface area contributed by atoms with Crippen LogP contribution in [0.4, 0.5) is 4.79 Å². The molecule has 0 amide bonds. The van der Waals surface area contributed by atoms with Crippen LogP contribution in [-0.2, 0) is 0 Å². The molecule has 0 aromatic rings. The lowest BCUT2D eigenvalue weighted by Crippen LogP contribution is -1.83. The molecule has 4 heteroatoms. The summed E-state index contributed by atoms with van der Waals surface area (Å²) in [5, 5.41) is 15.1. The van der Waals surface area contributed by atoms with E-state index in [0.29, 0.717) is 0 Å². The number of carbonyl (C=O) groups is 1. The molecule has 0 heterocycles. The van der Waals surface area contributed by atoms with E-state index >= 15 is 0 Å². The zero-order chi connectivity index (χ0) is 17.6. The van der Waals surface area contributed by atoms with Crippen LogP contribution in [0.15, 0.2) is 0 Å². The summed E-state index contributed by atoms with van der Waals surface area (Å²) in [6, 6.07) is 0. The molecule has 0 unspecified atom stereocenters. The van der Waals surface area contributed by atoms with Gasteiger partial charge in [-0.15, -0.1) is 0 Å². The van der Waals surface area contributed by atoms with Crippen LogP contribution in [0.5, 0.6) is 0 Å². The standard InChI is InChI=1S/C18H37Br.CH2O3/c1-2-3-4-5-6-7-8-9-10-11-12-13-14-15-16-17-18-19;2-1(3)4/h2-18H2,1H3;(H2,2,3,4). The lowest BCUT2D eigenvalue weighted by atomic mass is 10.0. The average molecular weight is 395 g/mol. The molecule has 0 saturated heterocycles. The Bertz CT molecular complexity index is 203. The fourth-order valence-electron chi connectivity index (χ4n) is 2.64. The van der Waals surface area contributed by atoms with Gasteiger partial charge in [-0.1, -0.05) is 119 Å². The largest absolute Gasteiger partial charge is 0.503 e. The summed E-state index contributed by atoms with van der Waals surface area (Å²) in [7, 11) is 0. The predicted molar refractivity (Wildman–Crippen MR) is 104 cm³/mol. The Balaban J connectivity index is 0. The molecule has 0 fully saturated rings. The quantitative estimate of drug-likeness (QED) is 0.206. The minimum absolute atomic E-state index is 1.19. The molecule has 140 valence electrons. The van der Waals surface area contributed by atoms with Gasteiger partial charge in [0.05, 0.1) is 0 Å². The lowest BCUT2D eigenvalue weighted by Gasteiger charge is -2.03. The van der Waals surface area contributed by atoms with Crippen molar-refractivity contribution in [3.8, 4) is 0 Å². The van der Waals surface area contributed by atoms with Crippen LogP contribution in [-0.4, -0.2) is 21.7 Å². The van der Waals surface area contributed by atoms with Crippen molar-refractivity contribution in [2.75, 3.05) is 5.33 Å². The number of carboxylic acid groups (broad SMARTS) is 2. The monoisotopic (exact) mass is 394 g/mol. The summed E-state index contributed by atoms with van der Waals surface area (Å²) in [6.45, 7) is 2.29. The van der Waals surface area contributed by atoms with Crippen LogP contribution in [0.1, 0.15) is 110 Å². The topological polar surface area (TPSA) is 57.5 Å². The van der Waals surface area contributed by atoms with Gasteiger partial charge < -0.3 is 10.2 Å². The van der Waals surface area contributed by atoms with Gasteiger partial charge in [-0.3, -0.25) is 0 Å². The van der Waals surface area contributed by atoms with Crippen molar-refractivity contribution in [3.05, 3.63) is 0 Å². The molecule has 0 aliphatic rings. The first-order chi connectivity index (χ1) is 11.1. The maximum absolute atomic E-state index is 8.56. The van der Waals surface area contributed by atoms with Crippen molar-refractivity contribution >= 4 is 22.1 Å².